The summed E-state index contributed by atoms with van der Waals surface area (Å²) in [6.45, 7) is 0.183. The number of pyridine rings is 1. The molecule has 0 fully saturated rings. The van der Waals surface area contributed by atoms with E-state index in [9.17, 15) is 15.2 Å². The SMILES string of the molecule is NCC(N)c1cnc(=C\O)/c(=C(\c2ccccc2)[N+](=O)[O-])c1. The van der Waals surface area contributed by atoms with Crippen molar-refractivity contribution in [2.45, 2.75) is 6.04 Å². The third-order valence-electron chi connectivity index (χ3n) is 3.23. The standard InChI is InChI=1S/C15H16N4O3/c16-7-13(17)11-6-12(14(9-20)18-8-11)15(19(21)22)10-4-2-1-3-5-10/h1-6,8-9,13,20H,7,16-17H2/b14-9-,15-12+. The Balaban J connectivity index is 2.87. The molecule has 0 spiro atoms. The second-order valence-corrected chi connectivity index (χ2v) is 4.64. The van der Waals surface area contributed by atoms with E-state index in [0.29, 0.717) is 11.1 Å². The van der Waals surface area contributed by atoms with Gasteiger partial charge in [0.2, 0.25) is 0 Å². The molecule has 0 aliphatic rings. The van der Waals surface area contributed by atoms with Crippen LogP contribution in [0, 0.1) is 10.1 Å². The average molecular weight is 300 g/mol. The van der Waals surface area contributed by atoms with E-state index in [4.69, 9.17) is 11.5 Å². The van der Waals surface area contributed by atoms with Gasteiger partial charge in [0.05, 0.1) is 15.7 Å². The van der Waals surface area contributed by atoms with Gasteiger partial charge in [-0.25, -0.2) is 0 Å². The molecule has 0 aliphatic heterocycles. The second-order valence-electron chi connectivity index (χ2n) is 4.64. The van der Waals surface area contributed by atoms with E-state index in [1.54, 1.807) is 30.3 Å². The number of aromatic nitrogens is 1. The van der Waals surface area contributed by atoms with E-state index in [1.165, 1.54) is 12.3 Å². The zero-order valence-electron chi connectivity index (χ0n) is 11.7. The maximum Gasteiger partial charge on any atom is 0.286 e. The fourth-order valence-electron chi connectivity index (χ4n) is 2.08. The Morgan fingerprint density at radius 3 is 2.64 bits per heavy atom. The number of benzene rings is 1. The lowest BCUT2D eigenvalue weighted by atomic mass is 10.1. The minimum absolute atomic E-state index is 0.100. The molecule has 0 bridgehead atoms. The van der Waals surface area contributed by atoms with Gasteiger partial charge < -0.3 is 16.6 Å². The van der Waals surface area contributed by atoms with Gasteiger partial charge in [0.1, 0.15) is 11.6 Å². The summed E-state index contributed by atoms with van der Waals surface area (Å²) < 4.78 is 0. The van der Waals surface area contributed by atoms with Gasteiger partial charge in [0.25, 0.3) is 5.70 Å². The summed E-state index contributed by atoms with van der Waals surface area (Å²) in [6, 6.07) is 9.46. The first-order valence-corrected chi connectivity index (χ1v) is 6.58. The van der Waals surface area contributed by atoms with Crippen LogP contribution in [-0.2, 0) is 0 Å². The first-order chi connectivity index (χ1) is 10.6. The molecule has 1 aromatic heterocycles. The van der Waals surface area contributed by atoms with Gasteiger partial charge in [-0.05, 0) is 23.8 Å². The van der Waals surface area contributed by atoms with Crippen molar-refractivity contribution in [1.82, 2.24) is 4.98 Å². The number of nitrogens with zero attached hydrogens (tertiary/aromatic N) is 2. The smallest absolute Gasteiger partial charge is 0.286 e. The molecule has 0 saturated carbocycles. The maximum atomic E-state index is 11.5. The first kappa shape index (κ1) is 15.6. The van der Waals surface area contributed by atoms with Crippen molar-refractivity contribution in [2.24, 2.45) is 11.5 Å². The number of nitro groups is 1. The molecule has 2 aromatic rings. The van der Waals surface area contributed by atoms with Crippen molar-refractivity contribution in [3.05, 3.63) is 74.4 Å². The molecule has 0 aliphatic carbocycles. The highest BCUT2D eigenvalue weighted by atomic mass is 16.6. The first-order valence-electron chi connectivity index (χ1n) is 6.58. The molecule has 22 heavy (non-hydrogen) atoms. The number of rotatable bonds is 4. The third-order valence-corrected chi connectivity index (χ3v) is 3.23. The summed E-state index contributed by atoms with van der Waals surface area (Å²) in [7, 11) is 0. The van der Waals surface area contributed by atoms with Crippen LogP contribution in [0.1, 0.15) is 17.2 Å². The number of aliphatic hydroxyl groups excluding tert-OH is 1. The predicted octanol–water partition coefficient (Wildman–Crippen LogP) is -0.231. The molecule has 7 nitrogen and oxygen atoms in total. The Kier molecular flexibility index (Phi) is 4.82. The van der Waals surface area contributed by atoms with Crippen LogP contribution in [0.4, 0.5) is 0 Å². The Morgan fingerprint density at radius 1 is 1.41 bits per heavy atom. The van der Waals surface area contributed by atoms with Crippen molar-refractivity contribution < 1.29 is 10.0 Å². The normalized spacial score (nSPS) is 14.5. The molecule has 0 saturated heterocycles. The van der Waals surface area contributed by atoms with Gasteiger partial charge in [-0.15, -0.1) is 0 Å². The second kappa shape index (κ2) is 6.79. The Bertz CT molecular complexity index is 790. The lowest BCUT2D eigenvalue weighted by Gasteiger charge is -2.08. The van der Waals surface area contributed by atoms with Crippen molar-refractivity contribution in [3.63, 3.8) is 0 Å². The fraction of sp³-hybridized carbons (Fsp3) is 0.133. The van der Waals surface area contributed by atoms with Crippen LogP contribution in [-0.4, -0.2) is 21.6 Å². The van der Waals surface area contributed by atoms with Crippen LogP contribution in [0.15, 0.2) is 42.6 Å². The number of hydrogen-bond acceptors (Lipinski definition) is 6. The highest BCUT2D eigenvalue weighted by Crippen LogP contribution is 2.11. The Morgan fingerprint density at radius 2 is 2.09 bits per heavy atom. The third kappa shape index (κ3) is 3.11. The summed E-state index contributed by atoms with van der Waals surface area (Å²) >= 11 is 0. The van der Waals surface area contributed by atoms with Gasteiger partial charge in [-0.1, -0.05) is 18.2 Å². The van der Waals surface area contributed by atoms with Crippen molar-refractivity contribution in [3.8, 4) is 0 Å². The molecular formula is C15H16N4O3. The topological polar surface area (TPSA) is 128 Å². The van der Waals surface area contributed by atoms with E-state index in [1.807, 2.05) is 0 Å². The van der Waals surface area contributed by atoms with Crippen molar-refractivity contribution in [2.75, 3.05) is 6.54 Å². The van der Waals surface area contributed by atoms with E-state index >= 15 is 0 Å². The van der Waals surface area contributed by atoms with Crippen LogP contribution in [0.5, 0.6) is 0 Å². The summed E-state index contributed by atoms with van der Waals surface area (Å²) in [6.07, 6.45) is 2.19. The minimum Gasteiger partial charge on any atom is -0.513 e. The Hall–Kier alpha value is -2.77. The lowest BCUT2D eigenvalue weighted by molar-refractivity contribution is -0.376. The van der Waals surface area contributed by atoms with Gasteiger partial charge in [-0.2, -0.15) is 0 Å². The Labute approximate surface area is 126 Å². The molecule has 1 unspecified atom stereocenters. The van der Waals surface area contributed by atoms with E-state index in [0.717, 1.165) is 6.26 Å². The summed E-state index contributed by atoms with van der Waals surface area (Å²) in [5.74, 6) is 0. The maximum absolute atomic E-state index is 11.5. The molecule has 1 heterocycles. The zero-order valence-corrected chi connectivity index (χ0v) is 11.7. The van der Waals surface area contributed by atoms with Crippen LogP contribution in [0.2, 0.25) is 0 Å². The molecule has 5 N–H and O–H groups in total. The highest BCUT2D eigenvalue weighted by molar-refractivity contribution is 5.58. The quantitative estimate of drug-likeness (QED) is 0.528. The van der Waals surface area contributed by atoms with Crippen LogP contribution >= 0.6 is 0 Å². The molecule has 1 atom stereocenters. The molecule has 2 rings (SSSR count). The fourth-order valence-corrected chi connectivity index (χ4v) is 2.08. The van der Waals surface area contributed by atoms with E-state index in [2.05, 4.69) is 4.98 Å². The highest BCUT2D eigenvalue weighted by Gasteiger charge is 2.17. The molecular weight excluding hydrogens is 284 g/mol. The van der Waals surface area contributed by atoms with E-state index in [-0.39, 0.29) is 22.8 Å². The van der Waals surface area contributed by atoms with Gasteiger partial charge in [0.15, 0.2) is 0 Å². The molecule has 7 heteroatoms. The van der Waals surface area contributed by atoms with Crippen LogP contribution < -0.4 is 22.0 Å². The van der Waals surface area contributed by atoms with Gasteiger partial charge >= 0.3 is 0 Å². The predicted molar refractivity (Wildman–Crippen MR) is 82.5 cm³/mol. The number of hydrogen-bond donors (Lipinski definition) is 3. The van der Waals surface area contributed by atoms with Crippen LogP contribution in [0.25, 0.3) is 12.0 Å². The van der Waals surface area contributed by atoms with Crippen molar-refractivity contribution >= 4 is 12.0 Å². The average Bonchev–Trinajstić information content (AvgIpc) is 2.55. The largest absolute Gasteiger partial charge is 0.513 e. The molecule has 1 aromatic carbocycles. The number of aliphatic hydroxyl groups is 1. The molecule has 114 valence electrons. The van der Waals surface area contributed by atoms with Crippen molar-refractivity contribution in [1.29, 1.82) is 0 Å². The van der Waals surface area contributed by atoms with Gasteiger partial charge in [0, 0.05) is 18.8 Å². The van der Waals surface area contributed by atoms with E-state index < -0.39 is 11.0 Å². The van der Waals surface area contributed by atoms with Gasteiger partial charge in [-0.3, -0.25) is 15.1 Å². The number of nitrogens with two attached hydrogens (primary N) is 2. The zero-order chi connectivity index (χ0) is 16.1. The monoisotopic (exact) mass is 300 g/mol. The molecule has 0 radical (unpaired) electrons. The van der Waals surface area contributed by atoms with Crippen LogP contribution in [0.3, 0.4) is 0 Å². The lowest BCUT2D eigenvalue weighted by Crippen LogP contribution is -2.35. The summed E-state index contributed by atoms with van der Waals surface area (Å²) in [5, 5.41) is 21.1. The minimum atomic E-state index is -0.503. The molecule has 0 amide bonds. The summed E-state index contributed by atoms with van der Waals surface area (Å²) in [5.41, 5.74) is 12.2. The summed E-state index contributed by atoms with van der Waals surface area (Å²) in [4.78, 5) is 15.0.